The Morgan fingerprint density at radius 3 is 2.35 bits per heavy atom. The second-order valence-electron chi connectivity index (χ2n) is 4.05. The molecule has 0 unspecified atom stereocenters. The molecule has 0 heterocycles. The number of hydrogen-bond donors (Lipinski definition) is 2. The van der Waals surface area contributed by atoms with Crippen LogP contribution in [0, 0.1) is 11.6 Å². The van der Waals surface area contributed by atoms with Crippen molar-refractivity contribution < 1.29 is 17.2 Å². The lowest BCUT2D eigenvalue weighted by molar-refractivity contribution is 0.568. The first-order chi connectivity index (χ1) is 9.44. The van der Waals surface area contributed by atoms with Crippen LogP contribution in [0.1, 0.15) is 5.56 Å². The number of nitrogens with two attached hydrogens (primary N) is 1. The summed E-state index contributed by atoms with van der Waals surface area (Å²) in [6.07, 6.45) is 0. The van der Waals surface area contributed by atoms with Crippen LogP contribution in [-0.2, 0) is 16.6 Å². The fourth-order valence-corrected chi connectivity index (χ4v) is 2.76. The van der Waals surface area contributed by atoms with E-state index in [0.717, 1.165) is 18.2 Å². The van der Waals surface area contributed by atoms with Crippen LogP contribution in [0.4, 0.5) is 14.5 Å². The van der Waals surface area contributed by atoms with E-state index in [9.17, 15) is 17.2 Å². The van der Waals surface area contributed by atoms with Crippen LogP contribution in [0.25, 0.3) is 0 Å². The first-order valence-corrected chi connectivity index (χ1v) is 7.18. The van der Waals surface area contributed by atoms with Crippen LogP contribution in [-0.4, -0.2) is 8.42 Å². The fraction of sp³-hybridized carbons (Fsp3) is 0.0769. The Labute approximate surface area is 115 Å². The average Bonchev–Trinajstić information content (AvgIpc) is 2.40. The Morgan fingerprint density at radius 2 is 1.75 bits per heavy atom. The smallest absolute Gasteiger partial charge is 0.264 e. The van der Waals surface area contributed by atoms with Gasteiger partial charge >= 0.3 is 0 Å². The van der Waals surface area contributed by atoms with Crippen molar-refractivity contribution in [3.05, 3.63) is 59.7 Å². The third-order valence-corrected chi connectivity index (χ3v) is 4.04. The fourth-order valence-electron chi connectivity index (χ4n) is 1.63. The largest absolute Gasteiger partial charge is 0.326 e. The highest BCUT2D eigenvalue weighted by Gasteiger charge is 2.20. The first-order valence-electron chi connectivity index (χ1n) is 5.70. The summed E-state index contributed by atoms with van der Waals surface area (Å²) >= 11 is 0. The Morgan fingerprint density at radius 1 is 1.05 bits per heavy atom. The zero-order valence-electron chi connectivity index (χ0n) is 10.3. The number of para-hydroxylation sites is 1. The van der Waals surface area contributed by atoms with Gasteiger partial charge in [-0.05, 0) is 29.8 Å². The molecule has 2 rings (SSSR count). The van der Waals surface area contributed by atoms with Crippen LogP contribution in [0.3, 0.4) is 0 Å². The SMILES string of the molecule is NCc1ccc(S(=O)(=O)Nc2ccccc2F)c(F)c1. The number of benzene rings is 2. The highest BCUT2D eigenvalue weighted by atomic mass is 32.2. The third kappa shape index (κ3) is 2.94. The van der Waals surface area contributed by atoms with Crippen molar-refractivity contribution in [2.24, 2.45) is 5.73 Å². The molecule has 0 atom stereocenters. The molecule has 106 valence electrons. The van der Waals surface area contributed by atoms with E-state index in [1.165, 1.54) is 24.3 Å². The van der Waals surface area contributed by atoms with Gasteiger partial charge in [0.25, 0.3) is 10.0 Å². The van der Waals surface area contributed by atoms with Gasteiger partial charge in [-0.15, -0.1) is 0 Å². The zero-order valence-corrected chi connectivity index (χ0v) is 11.1. The van der Waals surface area contributed by atoms with Crippen molar-refractivity contribution in [1.29, 1.82) is 0 Å². The quantitative estimate of drug-likeness (QED) is 0.909. The molecule has 20 heavy (non-hydrogen) atoms. The summed E-state index contributed by atoms with van der Waals surface area (Å²) < 4.78 is 53.2. The van der Waals surface area contributed by atoms with E-state index in [2.05, 4.69) is 0 Å². The Bertz CT molecular complexity index is 733. The van der Waals surface area contributed by atoms with Gasteiger partial charge in [-0.2, -0.15) is 0 Å². The van der Waals surface area contributed by atoms with E-state index < -0.39 is 26.6 Å². The molecule has 0 radical (unpaired) electrons. The van der Waals surface area contributed by atoms with Gasteiger partial charge in [0, 0.05) is 6.54 Å². The highest BCUT2D eigenvalue weighted by molar-refractivity contribution is 7.92. The Hall–Kier alpha value is -1.99. The third-order valence-electron chi connectivity index (χ3n) is 2.64. The summed E-state index contributed by atoms with van der Waals surface area (Å²) in [4.78, 5) is -0.557. The van der Waals surface area contributed by atoms with E-state index in [-0.39, 0.29) is 12.2 Å². The molecule has 0 bridgehead atoms. The van der Waals surface area contributed by atoms with Gasteiger partial charge in [-0.25, -0.2) is 17.2 Å². The summed E-state index contributed by atoms with van der Waals surface area (Å²) in [6, 6.07) is 8.78. The number of hydrogen-bond acceptors (Lipinski definition) is 3. The molecule has 0 fully saturated rings. The normalized spacial score (nSPS) is 11.3. The van der Waals surface area contributed by atoms with Gasteiger partial charge in [-0.3, -0.25) is 4.72 Å². The van der Waals surface area contributed by atoms with Crippen LogP contribution in [0.15, 0.2) is 47.4 Å². The number of sulfonamides is 1. The maximum absolute atomic E-state index is 13.8. The van der Waals surface area contributed by atoms with Gasteiger partial charge in [0.2, 0.25) is 0 Å². The molecule has 0 aliphatic rings. The van der Waals surface area contributed by atoms with E-state index in [0.29, 0.717) is 5.56 Å². The van der Waals surface area contributed by atoms with Crippen molar-refractivity contribution in [1.82, 2.24) is 0 Å². The van der Waals surface area contributed by atoms with E-state index >= 15 is 0 Å². The van der Waals surface area contributed by atoms with Gasteiger partial charge in [-0.1, -0.05) is 18.2 Å². The Kier molecular flexibility index (Phi) is 4.01. The maximum atomic E-state index is 13.8. The lowest BCUT2D eigenvalue weighted by atomic mass is 10.2. The molecule has 2 aromatic carbocycles. The zero-order chi connectivity index (χ0) is 14.8. The molecular weight excluding hydrogens is 286 g/mol. The molecule has 0 aromatic heterocycles. The molecule has 3 N–H and O–H groups in total. The number of anilines is 1. The van der Waals surface area contributed by atoms with Crippen molar-refractivity contribution in [2.75, 3.05) is 4.72 Å². The molecule has 2 aromatic rings. The van der Waals surface area contributed by atoms with Crippen LogP contribution < -0.4 is 10.5 Å². The van der Waals surface area contributed by atoms with Crippen LogP contribution >= 0.6 is 0 Å². The van der Waals surface area contributed by atoms with Crippen molar-refractivity contribution in [2.45, 2.75) is 11.4 Å². The predicted octanol–water partition coefficient (Wildman–Crippen LogP) is 2.22. The van der Waals surface area contributed by atoms with Crippen molar-refractivity contribution in [3.63, 3.8) is 0 Å². The summed E-state index contributed by atoms with van der Waals surface area (Å²) in [5.74, 6) is -1.67. The highest BCUT2D eigenvalue weighted by Crippen LogP contribution is 2.21. The average molecular weight is 298 g/mol. The second-order valence-corrected chi connectivity index (χ2v) is 5.71. The van der Waals surface area contributed by atoms with E-state index in [1.807, 2.05) is 4.72 Å². The second kappa shape index (κ2) is 5.56. The summed E-state index contributed by atoms with van der Waals surface area (Å²) in [5, 5.41) is 0. The van der Waals surface area contributed by atoms with Crippen molar-refractivity contribution in [3.8, 4) is 0 Å². The van der Waals surface area contributed by atoms with E-state index in [4.69, 9.17) is 5.73 Å². The predicted molar refractivity (Wildman–Crippen MR) is 71.5 cm³/mol. The molecule has 4 nitrogen and oxygen atoms in total. The minimum Gasteiger partial charge on any atom is -0.326 e. The van der Waals surface area contributed by atoms with Gasteiger partial charge in [0.1, 0.15) is 16.5 Å². The minimum absolute atomic E-state index is 0.0952. The molecule has 0 amide bonds. The van der Waals surface area contributed by atoms with Gasteiger partial charge < -0.3 is 5.73 Å². The lowest BCUT2D eigenvalue weighted by Crippen LogP contribution is -2.15. The van der Waals surface area contributed by atoms with E-state index in [1.54, 1.807) is 0 Å². The number of halogens is 2. The molecule has 7 heteroatoms. The van der Waals surface area contributed by atoms with Crippen LogP contribution in [0.5, 0.6) is 0 Å². The van der Waals surface area contributed by atoms with Crippen molar-refractivity contribution >= 4 is 15.7 Å². The molecule has 0 aliphatic carbocycles. The lowest BCUT2D eigenvalue weighted by Gasteiger charge is -2.10. The maximum Gasteiger partial charge on any atom is 0.264 e. The monoisotopic (exact) mass is 298 g/mol. The summed E-state index contributed by atoms with van der Waals surface area (Å²) in [5.41, 5.74) is 5.56. The summed E-state index contributed by atoms with van der Waals surface area (Å²) in [6.45, 7) is 0.0952. The van der Waals surface area contributed by atoms with Crippen LogP contribution in [0.2, 0.25) is 0 Å². The molecule has 0 saturated heterocycles. The molecule has 0 saturated carbocycles. The number of nitrogens with one attached hydrogen (secondary N) is 1. The number of rotatable bonds is 4. The topological polar surface area (TPSA) is 72.2 Å². The molecule has 0 spiro atoms. The summed E-state index contributed by atoms with van der Waals surface area (Å²) in [7, 11) is -4.20. The standard InChI is InChI=1S/C13H12F2N2O2S/c14-10-3-1-2-4-12(10)17-20(18,19)13-6-5-9(8-16)7-11(13)15/h1-7,17H,8,16H2. The van der Waals surface area contributed by atoms with Gasteiger partial charge in [0.05, 0.1) is 5.69 Å². The minimum atomic E-state index is -4.20. The molecular formula is C13H12F2N2O2S. The Balaban J connectivity index is 2.39. The van der Waals surface area contributed by atoms with Gasteiger partial charge in [0.15, 0.2) is 0 Å². The first kappa shape index (κ1) is 14.4. The molecule has 0 aliphatic heterocycles.